The molecule has 0 aliphatic rings. The summed E-state index contributed by atoms with van der Waals surface area (Å²) in [5, 5.41) is 0. The topological polar surface area (TPSA) is 26.3 Å². The SMILES string of the molecule is C/C=C/CCCOC=O. The van der Waals surface area contributed by atoms with Gasteiger partial charge in [0.15, 0.2) is 0 Å². The lowest BCUT2D eigenvalue weighted by Gasteiger charge is -1.92. The second kappa shape index (κ2) is 7.21. The van der Waals surface area contributed by atoms with E-state index >= 15 is 0 Å². The van der Waals surface area contributed by atoms with Gasteiger partial charge in [-0.3, -0.25) is 4.79 Å². The molecule has 0 saturated heterocycles. The van der Waals surface area contributed by atoms with Crippen LogP contribution in [0.3, 0.4) is 0 Å². The maximum Gasteiger partial charge on any atom is 0.293 e. The summed E-state index contributed by atoms with van der Waals surface area (Å²) in [6, 6.07) is 0. The van der Waals surface area contributed by atoms with Crippen molar-refractivity contribution in [2.24, 2.45) is 0 Å². The summed E-state index contributed by atoms with van der Waals surface area (Å²) in [5.41, 5.74) is 0. The number of hydrogen-bond donors (Lipinski definition) is 0. The molecule has 0 unspecified atom stereocenters. The predicted molar refractivity (Wildman–Crippen MR) is 36.1 cm³/mol. The van der Waals surface area contributed by atoms with E-state index in [1.165, 1.54) is 0 Å². The van der Waals surface area contributed by atoms with E-state index in [0.717, 1.165) is 12.8 Å². The van der Waals surface area contributed by atoms with Gasteiger partial charge in [0.05, 0.1) is 6.61 Å². The first-order valence-corrected chi connectivity index (χ1v) is 3.08. The van der Waals surface area contributed by atoms with Gasteiger partial charge in [-0.15, -0.1) is 0 Å². The van der Waals surface area contributed by atoms with Gasteiger partial charge < -0.3 is 4.74 Å². The molecule has 0 amide bonds. The molecule has 0 N–H and O–H groups in total. The van der Waals surface area contributed by atoms with E-state index in [0.29, 0.717) is 13.1 Å². The molecule has 0 aromatic heterocycles. The lowest BCUT2D eigenvalue weighted by atomic mass is 10.3. The van der Waals surface area contributed by atoms with Gasteiger partial charge in [0.1, 0.15) is 0 Å². The summed E-state index contributed by atoms with van der Waals surface area (Å²) in [5.74, 6) is 0. The summed E-state index contributed by atoms with van der Waals surface area (Å²) in [4.78, 5) is 9.60. The minimum Gasteiger partial charge on any atom is -0.468 e. The first kappa shape index (κ1) is 8.21. The molecular weight excluding hydrogens is 116 g/mol. The molecule has 9 heavy (non-hydrogen) atoms. The lowest BCUT2D eigenvalue weighted by molar-refractivity contribution is -0.128. The monoisotopic (exact) mass is 128 g/mol. The van der Waals surface area contributed by atoms with Gasteiger partial charge in [-0.1, -0.05) is 12.2 Å². The van der Waals surface area contributed by atoms with Gasteiger partial charge in [-0.05, 0) is 19.8 Å². The second-order valence-corrected chi connectivity index (χ2v) is 1.68. The van der Waals surface area contributed by atoms with Gasteiger partial charge in [0.2, 0.25) is 0 Å². The van der Waals surface area contributed by atoms with Crippen LogP contribution in [-0.4, -0.2) is 13.1 Å². The largest absolute Gasteiger partial charge is 0.468 e. The van der Waals surface area contributed by atoms with Crippen LogP contribution in [0.25, 0.3) is 0 Å². The summed E-state index contributed by atoms with van der Waals surface area (Å²) >= 11 is 0. The summed E-state index contributed by atoms with van der Waals surface area (Å²) < 4.78 is 4.47. The highest BCUT2D eigenvalue weighted by Gasteiger charge is 1.81. The van der Waals surface area contributed by atoms with E-state index < -0.39 is 0 Å². The number of unbranched alkanes of at least 4 members (excludes halogenated alkanes) is 1. The molecule has 52 valence electrons. The maximum atomic E-state index is 9.60. The van der Waals surface area contributed by atoms with Crippen molar-refractivity contribution in [1.29, 1.82) is 0 Å². The Bertz CT molecular complexity index is 86.9. The zero-order valence-electron chi connectivity index (χ0n) is 5.67. The highest BCUT2D eigenvalue weighted by Crippen LogP contribution is 1.89. The first-order chi connectivity index (χ1) is 4.41. The number of allylic oxidation sites excluding steroid dienone is 2. The van der Waals surface area contributed by atoms with E-state index in [-0.39, 0.29) is 0 Å². The average Bonchev–Trinajstić information content (AvgIpc) is 1.89. The molecular formula is C7H12O2. The first-order valence-electron chi connectivity index (χ1n) is 3.08. The van der Waals surface area contributed by atoms with Gasteiger partial charge in [0.25, 0.3) is 6.47 Å². The Hall–Kier alpha value is -0.790. The fraction of sp³-hybridized carbons (Fsp3) is 0.571. The van der Waals surface area contributed by atoms with Crippen LogP contribution in [0.5, 0.6) is 0 Å². The molecule has 0 radical (unpaired) electrons. The lowest BCUT2D eigenvalue weighted by Crippen LogP contribution is -1.89. The minimum atomic E-state index is 0.482. The highest BCUT2D eigenvalue weighted by atomic mass is 16.5. The normalized spacial score (nSPS) is 9.89. The van der Waals surface area contributed by atoms with Crippen molar-refractivity contribution >= 4 is 6.47 Å². The van der Waals surface area contributed by atoms with Crippen molar-refractivity contribution in [2.45, 2.75) is 19.8 Å². The molecule has 0 atom stereocenters. The second-order valence-electron chi connectivity index (χ2n) is 1.68. The van der Waals surface area contributed by atoms with Crippen molar-refractivity contribution in [3.8, 4) is 0 Å². The van der Waals surface area contributed by atoms with Crippen LogP contribution in [0.4, 0.5) is 0 Å². The third-order valence-corrected chi connectivity index (χ3v) is 0.937. The van der Waals surface area contributed by atoms with Crippen LogP contribution in [0.1, 0.15) is 19.8 Å². The maximum absolute atomic E-state index is 9.60. The molecule has 0 bridgehead atoms. The Morgan fingerprint density at radius 1 is 1.56 bits per heavy atom. The molecule has 0 aromatic rings. The van der Waals surface area contributed by atoms with Gasteiger partial charge >= 0.3 is 0 Å². The van der Waals surface area contributed by atoms with Crippen molar-refractivity contribution in [1.82, 2.24) is 0 Å². The third kappa shape index (κ3) is 7.21. The Balaban J connectivity index is 2.82. The molecule has 2 nitrogen and oxygen atoms in total. The number of rotatable bonds is 5. The molecule has 0 aliphatic heterocycles. The van der Waals surface area contributed by atoms with Gasteiger partial charge in [-0.2, -0.15) is 0 Å². The smallest absolute Gasteiger partial charge is 0.293 e. The van der Waals surface area contributed by atoms with Crippen LogP contribution in [0.2, 0.25) is 0 Å². The van der Waals surface area contributed by atoms with E-state index in [1.807, 2.05) is 19.1 Å². The number of carbonyl (C=O) groups is 1. The minimum absolute atomic E-state index is 0.482. The summed E-state index contributed by atoms with van der Waals surface area (Å²) in [6.07, 6.45) is 5.95. The summed E-state index contributed by atoms with van der Waals surface area (Å²) in [6.45, 7) is 2.99. The zero-order valence-corrected chi connectivity index (χ0v) is 5.67. The Morgan fingerprint density at radius 2 is 2.33 bits per heavy atom. The highest BCUT2D eigenvalue weighted by molar-refractivity contribution is 5.36. The van der Waals surface area contributed by atoms with Crippen molar-refractivity contribution in [3.63, 3.8) is 0 Å². The van der Waals surface area contributed by atoms with E-state index in [4.69, 9.17) is 0 Å². The average molecular weight is 128 g/mol. The molecule has 0 aromatic carbocycles. The quantitative estimate of drug-likeness (QED) is 0.319. The van der Waals surface area contributed by atoms with Crippen LogP contribution < -0.4 is 0 Å². The third-order valence-electron chi connectivity index (χ3n) is 0.937. The zero-order chi connectivity index (χ0) is 6.95. The molecule has 0 heterocycles. The molecule has 0 rings (SSSR count). The summed E-state index contributed by atoms with van der Waals surface area (Å²) in [7, 11) is 0. The Kier molecular flexibility index (Phi) is 6.58. The van der Waals surface area contributed by atoms with Crippen molar-refractivity contribution in [2.75, 3.05) is 6.61 Å². The molecule has 0 saturated carbocycles. The van der Waals surface area contributed by atoms with E-state index in [1.54, 1.807) is 0 Å². The van der Waals surface area contributed by atoms with Crippen LogP contribution in [0, 0.1) is 0 Å². The van der Waals surface area contributed by atoms with Gasteiger partial charge in [-0.25, -0.2) is 0 Å². The number of ether oxygens (including phenoxy) is 1. The van der Waals surface area contributed by atoms with Crippen LogP contribution in [0.15, 0.2) is 12.2 Å². The number of hydrogen-bond acceptors (Lipinski definition) is 2. The predicted octanol–water partition coefficient (Wildman–Crippen LogP) is 1.52. The number of carbonyl (C=O) groups excluding carboxylic acids is 1. The molecule has 0 fully saturated rings. The molecule has 0 spiro atoms. The van der Waals surface area contributed by atoms with Crippen molar-refractivity contribution in [3.05, 3.63) is 12.2 Å². The van der Waals surface area contributed by atoms with E-state index in [2.05, 4.69) is 4.74 Å². The van der Waals surface area contributed by atoms with Crippen molar-refractivity contribution < 1.29 is 9.53 Å². The Labute approximate surface area is 55.5 Å². The van der Waals surface area contributed by atoms with E-state index in [9.17, 15) is 4.79 Å². The Morgan fingerprint density at radius 3 is 2.89 bits per heavy atom. The molecule has 0 aliphatic carbocycles. The van der Waals surface area contributed by atoms with Gasteiger partial charge in [0, 0.05) is 0 Å². The fourth-order valence-corrected chi connectivity index (χ4v) is 0.499. The fourth-order valence-electron chi connectivity index (χ4n) is 0.499. The standard InChI is InChI=1S/C7H12O2/c1-2-3-4-5-6-9-7-8/h2-3,7H,4-6H2,1H3/b3-2+. The van der Waals surface area contributed by atoms with Crippen LogP contribution in [-0.2, 0) is 9.53 Å². The molecule has 2 heteroatoms. The van der Waals surface area contributed by atoms with Crippen LogP contribution >= 0.6 is 0 Å².